The van der Waals surface area contributed by atoms with Gasteiger partial charge in [-0.05, 0) is 63.4 Å². The van der Waals surface area contributed by atoms with Crippen LogP contribution in [0, 0.1) is 5.41 Å². The first-order valence-electron chi connectivity index (χ1n) is 12.6. The van der Waals surface area contributed by atoms with Crippen molar-refractivity contribution in [2.75, 3.05) is 44.7 Å². The van der Waals surface area contributed by atoms with Crippen molar-refractivity contribution < 1.29 is 0 Å². The summed E-state index contributed by atoms with van der Waals surface area (Å²) in [5, 5.41) is 1.11. The Morgan fingerprint density at radius 1 is 1.06 bits per heavy atom. The van der Waals surface area contributed by atoms with Crippen LogP contribution in [0.25, 0.3) is 10.9 Å². The summed E-state index contributed by atoms with van der Waals surface area (Å²) in [6.45, 7) is 7.58. The molecule has 34 heavy (non-hydrogen) atoms. The van der Waals surface area contributed by atoms with Crippen molar-refractivity contribution in [2.24, 2.45) is 5.41 Å². The van der Waals surface area contributed by atoms with E-state index >= 15 is 0 Å². The lowest BCUT2D eigenvalue weighted by atomic mass is 9.78. The molecule has 3 fully saturated rings. The molecule has 6 heterocycles. The van der Waals surface area contributed by atoms with Gasteiger partial charge in [-0.1, -0.05) is 6.07 Å². The summed E-state index contributed by atoms with van der Waals surface area (Å²) in [5.41, 5.74) is 10.0. The molecule has 178 valence electrons. The number of rotatable bonds is 4. The van der Waals surface area contributed by atoms with Crippen molar-refractivity contribution in [1.82, 2.24) is 35.7 Å². The summed E-state index contributed by atoms with van der Waals surface area (Å²) >= 11 is 0. The van der Waals surface area contributed by atoms with Crippen LogP contribution < -0.4 is 15.8 Å². The molecule has 0 bridgehead atoms. The fourth-order valence-corrected chi connectivity index (χ4v) is 5.95. The van der Waals surface area contributed by atoms with Gasteiger partial charge in [0, 0.05) is 67.5 Å². The third-order valence-electron chi connectivity index (χ3n) is 8.06. The molecule has 3 aromatic rings. The van der Waals surface area contributed by atoms with Gasteiger partial charge in [-0.2, -0.15) is 0 Å². The number of piperidine rings is 1. The van der Waals surface area contributed by atoms with Crippen molar-refractivity contribution in [3.8, 4) is 0 Å². The molecule has 0 aliphatic carbocycles. The number of anilines is 1. The molecule has 8 nitrogen and oxygen atoms in total. The van der Waals surface area contributed by atoms with Crippen molar-refractivity contribution in [2.45, 2.75) is 44.6 Å². The Hall–Kier alpha value is -2.68. The minimum absolute atomic E-state index is 0.246. The highest BCUT2D eigenvalue weighted by molar-refractivity contribution is 5.89. The van der Waals surface area contributed by atoms with Crippen molar-refractivity contribution in [1.29, 1.82) is 0 Å². The lowest BCUT2D eigenvalue weighted by Gasteiger charge is -2.40. The fourth-order valence-electron chi connectivity index (χ4n) is 5.95. The van der Waals surface area contributed by atoms with E-state index in [2.05, 4.69) is 51.7 Å². The number of likely N-dealkylation sites (tertiary alicyclic amines) is 1. The highest BCUT2D eigenvalue weighted by Crippen LogP contribution is 2.41. The second-order valence-electron chi connectivity index (χ2n) is 10.5. The van der Waals surface area contributed by atoms with Gasteiger partial charge in [-0.25, -0.2) is 9.97 Å². The molecule has 6 rings (SSSR count). The van der Waals surface area contributed by atoms with Crippen LogP contribution >= 0.6 is 0 Å². The lowest BCUT2D eigenvalue weighted by molar-refractivity contribution is 0.222. The Labute approximate surface area is 201 Å². The van der Waals surface area contributed by atoms with Gasteiger partial charge >= 0.3 is 0 Å². The number of hydrogen-bond acceptors (Lipinski definition) is 8. The fraction of sp³-hybridized carbons (Fsp3) is 0.538. The first-order valence-corrected chi connectivity index (χ1v) is 12.6. The third-order valence-corrected chi connectivity index (χ3v) is 8.06. The molecule has 0 radical (unpaired) electrons. The quantitative estimate of drug-likeness (QED) is 0.617. The Kier molecular flexibility index (Phi) is 5.67. The van der Waals surface area contributed by atoms with Gasteiger partial charge in [0.25, 0.3) is 0 Å². The molecule has 3 aliphatic rings. The molecule has 2 N–H and O–H groups in total. The van der Waals surface area contributed by atoms with Gasteiger partial charge in [-0.15, -0.1) is 0 Å². The number of hydrogen-bond donors (Lipinski definition) is 2. The van der Waals surface area contributed by atoms with E-state index in [1.165, 1.54) is 32.4 Å². The van der Waals surface area contributed by atoms with E-state index in [0.29, 0.717) is 17.9 Å². The summed E-state index contributed by atoms with van der Waals surface area (Å²) < 4.78 is 0. The van der Waals surface area contributed by atoms with Gasteiger partial charge in [0.1, 0.15) is 11.6 Å². The maximum absolute atomic E-state index is 5.22. The molecule has 0 aromatic carbocycles. The van der Waals surface area contributed by atoms with E-state index in [-0.39, 0.29) is 5.92 Å². The topological polar surface area (TPSA) is 82.1 Å². The van der Waals surface area contributed by atoms with Gasteiger partial charge in [-0.3, -0.25) is 20.8 Å². The Morgan fingerprint density at radius 3 is 2.62 bits per heavy atom. The molecule has 2 atom stereocenters. The van der Waals surface area contributed by atoms with Gasteiger partial charge in [0.15, 0.2) is 0 Å². The number of nitrogens with one attached hydrogen (secondary N) is 2. The number of fused-ring (bicyclic) bond motifs is 1. The lowest BCUT2D eigenvalue weighted by Crippen LogP contribution is -2.42. The molecule has 0 amide bonds. The zero-order valence-corrected chi connectivity index (χ0v) is 20.2. The minimum atomic E-state index is 0.246. The van der Waals surface area contributed by atoms with Crippen LogP contribution in [0.15, 0.2) is 36.7 Å². The molecular formula is C26H34N8. The second kappa shape index (κ2) is 8.83. The van der Waals surface area contributed by atoms with Crippen LogP contribution in [0.4, 0.5) is 5.82 Å². The van der Waals surface area contributed by atoms with E-state index in [1.54, 1.807) is 0 Å². The summed E-state index contributed by atoms with van der Waals surface area (Å²) in [7, 11) is 2.26. The monoisotopic (exact) mass is 458 g/mol. The van der Waals surface area contributed by atoms with Crippen LogP contribution in [0.3, 0.4) is 0 Å². The molecule has 0 saturated carbocycles. The predicted molar refractivity (Wildman–Crippen MR) is 134 cm³/mol. The Morgan fingerprint density at radius 2 is 1.91 bits per heavy atom. The molecule has 3 aromatic heterocycles. The zero-order chi connectivity index (χ0) is 23.1. The van der Waals surface area contributed by atoms with E-state index in [0.717, 1.165) is 53.6 Å². The maximum Gasteiger partial charge on any atom is 0.140 e. The summed E-state index contributed by atoms with van der Waals surface area (Å²) in [6, 6.07) is 8.51. The van der Waals surface area contributed by atoms with Crippen molar-refractivity contribution in [3.05, 3.63) is 53.9 Å². The highest BCUT2D eigenvalue weighted by atomic mass is 15.4. The maximum atomic E-state index is 5.22. The largest absolute Gasteiger partial charge is 0.356 e. The van der Waals surface area contributed by atoms with Crippen LogP contribution in [-0.2, 0) is 6.42 Å². The average molecular weight is 459 g/mol. The standard InChI is InChI=1S/C26H34N8/c1-18-22(15-29-32-18)24-30-23-16-28-20(13-19-5-3-4-9-27-19)14-21(23)25(31-24)34-11-7-26(8-12-34)6-10-33(2)17-26/h3-5,9,14,16,18,22,29,32H,6-8,10-13,15,17H2,1-2H3. The van der Waals surface area contributed by atoms with Crippen LogP contribution in [-0.4, -0.2) is 70.6 Å². The normalized spacial score (nSPS) is 24.9. The zero-order valence-electron chi connectivity index (χ0n) is 20.2. The number of hydrazine groups is 1. The second-order valence-corrected chi connectivity index (χ2v) is 10.5. The molecule has 3 saturated heterocycles. The summed E-state index contributed by atoms with van der Waals surface area (Å²) in [6.07, 6.45) is 8.26. The van der Waals surface area contributed by atoms with Crippen LogP contribution in [0.1, 0.15) is 49.3 Å². The van der Waals surface area contributed by atoms with E-state index < -0.39 is 0 Å². The average Bonchev–Trinajstić information content (AvgIpc) is 3.45. The van der Waals surface area contributed by atoms with E-state index in [1.807, 2.05) is 24.5 Å². The Balaban J connectivity index is 1.36. The van der Waals surface area contributed by atoms with Gasteiger partial charge in [0.2, 0.25) is 0 Å². The molecule has 8 heteroatoms. The van der Waals surface area contributed by atoms with Crippen molar-refractivity contribution in [3.63, 3.8) is 0 Å². The summed E-state index contributed by atoms with van der Waals surface area (Å²) in [4.78, 5) is 24.4. The van der Waals surface area contributed by atoms with Crippen LogP contribution in [0.2, 0.25) is 0 Å². The number of nitrogens with zero attached hydrogens (tertiary/aromatic N) is 6. The smallest absolute Gasteiger partial charge is 0.140 e. The van der Waals surface area contributed by atoms with Crippen LogP contribution in [0.5, 0.6) is 0 Å². The van der Waals surface area contributed by atoms with E-state index in [4.69, 9.17) is 15.0 Å². The first kappa shape index (κ1) is 21.8. The number of aromatic nitrogens is 4. The SMILES string of the molecule is CC1NNCC1c1nc(N2CCC3(CCN(C)C3)CC2)c2cc(Cc3ccccn3)ncc2n1. The molecular weight excluding hydrogens is 424 g/mol. The van der Waals surface area contributed by atoms with Crippen molar-refractivity contribution >= 4 is 16.7 Å². The number of pyridine rings is 2. The molecule has 1 spiro atoms. The molecule has 3 aliphatic heterocycles. The Bertz CT molecular complexity index is 1160. The third kappa shape index (κ3) is 4.15. The first-order chi connectivity index (χ1) is 16.6. The predicted octanol–water partition coefficient (Wildman–Crippen LogP) is 2.51. The minimum Gasteiger partial charge on any atom is -0.356 e. The highest BCUT2D eigenvalue weighted by Gasteiger charge is 2.40. The van der Waals surface area contributed by atoms with E-state index in [9.17, 15) is 0 Å². The summed E-state index contributed by atoms with van der Waals surface area (Å²) in [5.74, 6) is 2.23. The molecule has 2 unspecified atom stereocenters. The van der Waals surface area contributed by atoms with Gasteiger partial charge < -0.3 is 9.80 Å². The van der Waals surface area contributed by atoms with Gasteiger partial charge in [0.05, 0.1) is 11.7 Å².